The number of amides is 1. The molecule has 1 aromatic heterocycles. The van der Waals surface area contributed by atoms with E-state index in [9.17, 15) is 4.79 Å². The molecule has 1 amide bonds. The molecule has 0 unspecified atom stereocenters. The van der Waals surface area contributed by atoms with E-state index in [1.54, 1.807) is 4.68 Å². The Labute approximate surface area is 146 Å². The van der Waals surface area contributed by atoms with Gasteiger partial charge in [0.15, 0.2) is 0 Å². The van der Waals surface area contributed by atoms with Crippen molar-refractivity contribution in [1.29, 1.82) is 0 Å². The minimum atomic E-state index is 0.242. The van der Waals surface area contributed by atoms with Crippen LogP contribution in [0.15, 0.2) is 35.5 Å². The summed E-state index contributed by atoms with van der Waals surface area (Å²) in [4.78, 5) is 14.5. The highest BCUT2D eigenvalue weighted by molar-refractivity contribution is 7.99. The first-order valence-electron chi connectivity index (χ1n) is 8.42. The number of likely N-dealkylation sites (tertiary alicyclic amines) is 1. The van der Waals surface area contributed by atoms with Gasteiger partial charge in [-0.05, 0) is 41.2 Å². The Kier molecular flexibility index (Phi) is 5.85. The number of hydrogen-bond donors (Lipinski definition) is 0. The minimum absolute atomic E-state index is 0.242. The zero-order chi connectivity index (χ0) is 16.8. The van der Waals surface area contributed by atoms with Gasteiger partial charge in [0, 0.05) is 32.3 Å². The third-order valence-corrected chi connectivity index (χ3v) is 5.49. The maximum absolute atomic E-state index is 12.5. The van der Waals surface area contributed by atoms with Gasteiger partial charge in [-0.15, -0.1) is 5.10 Å². The summed E-state index contributed by atoms with van der Waals surface area (Å²) < 4.78 is 1.63. The van der Waals surface area contributed by atoms with Crippen LogP contribution in [-0.4, -0.2) is 49.9 Å². The first kappa shape index (κ1) is 17.0. The van der Waals surface area contributed by atoms with Crippen LogP contribution in [0.5, 0.6) is 0 Å². The van der Waals surface area contributed by atoms with Gasteiger partial charge in [0.05, 0.1) is 0 Å². The lowest BCUT2D eigenvalue weighted by atomic mass is 9.92. The lowest BCUT2D eigenvalue weighted by Gasteiger charge is -2.20. The van der Waals surface area contributed by atoms with E-state index in [2.05, 4.69) is 45.9 Å². The normalized spacial score (nSPS) is 18.4. The van der Waals surface area contributed by atoms with Gasteiger partial charge >= 0.3 is 0 Å². The van der Waals surface area contributed by atoms with E-state index < -0.39 is 0 Å². The van der Waals surface area contributed by atoms with E-state index in [1.807, 2.05) is 11.9 Å². The summed E-state index contributed by atoms with van der Waals surface area (Å²) in [6.45, 7) is 1.73. The Hall–Kier alpha value is -1.89. The van der Waals surface area contributed by atoms with Gasteiger partial charge in [-0.25, -0.2) is 4.68 Å². The Morgan fingerprint density at radius 1 is 1.25 bits per heavy atom. The Bertz CT molecular complexity index is 660. The van der Waals surface area contributed by atoms with Crippen molar-refractivity contribution in [1.82, 2.24) is 25.1 Å². The summed E-state index contributed by atoms with van der Waals surface area (Å²) in [6, 6.07) is 10.7. The molecule has 1 fully saturated rings. The number of tetrazole rings is 1. The SMILES string of the molecule is Cn1nnnc1SCCC(=O)N1CCC[C@H](c2ccccc2)CC1. The van der Waals surface area contributed by atoms with Gasteiger partial charge in [0.2, 0.25) is 11.1 Å². The second-order valence-electron chi connectivity index (χ2n) is 6.10. The van der Waals surface area contributed by atoms with Crippen LogP contribution in [0.4, 0.5) is 0 Å². The topological polar surface area (TPSA) is 63.9 Å². The molecular weight excluding hydrogens is 322 g/mol. The molecule has 6 nitrogen and oxygen atoms in total. The summed E-state index contributed by atoms with van der Waals surface area (Å²) >= 11 is 1.53. The van der Waals surface area contributed by atoms with E-state index in [0.29, 0.717) is 18.1 Å². The minimum Gasteiger partial charge on any atom is -0.343 e. The molecule has 128 valence electrons. The van der Waals surface area contributed by atoms with Gasteiger partial charge in [-0.1, -0.05) is 42.1 Å². The molecule has 1 saturated heterocycles. The predicted molar refractivity (Wildman–Crippen MR) is 93.8 cm³/mol. The molecule has 1 atom stereocenters. The first-order chi connectivity index (χ1) is 11.7. The first-order valence-corrected chi connectivity index (χ1v) is 9.40. The summed E-state index contributed by atoms with van der Waals surface area (Å²) in [5.41, 5.74) is 1.40. The Morgan fingerprint density at radius 3 is 2.83 bits per heavy atom. The van der Waals surface area contributed by atoms with E-state index in [-0.39, 0.29) is 5.91 Å². The molecule has 1 aliphatic rings. The van der Waals surface area contributed by atoms with Gasteiger partial charge in [-0.3, -0.25) is 4.79 Å². The zero-order valence-corrected chi connectivity index (χ0v) is 14.8. The Morgan fingerprint density at radius 2 is 2.08 bits per heavy atom. The molecule has 0 bridgehead atoms. The molecule has 0 spiro atoms. The number of rotatable bonds is 5. The van der Waals surface area contributed by atoms with Crippen LogP contribution in [0.3, 0.4) is 0 Å². The fourth-order valence-electron chi connectivity index (χ4n) is 3.14. The molecule has 0 aliphatic carbocycles. The van der Waals surface area contributed by atoms with Crippen LogP contribution in [0, 0.1) is 0 Å². The zero-order valence-electron chi connectivity index (χ0n) is 14.0. The van der Waals surface area contributed by atoms with Gasteiger partial charge < -0.3 is 4.90 Å². The fraction of sp³-hybridized carbons (Fsp3) is 0.529. The summed E-state index contributed by atoms with van der Waals surface area (Å²) in [5.74, 6) is 1.53. The largest absolute Gasteiger partial charge is 0.343 e. The smallest absolute Gasteiger partial charge is 0.223 e. The van der Waals surface area contributed by atoms with Crippen LogP contribution in [0.1, 0.15) is 37.2 Å². The lowest BCUT2D eigenvalue weighted by Crippen LogP contribution is -2.32. The highest BCUT2D eigenvalue weighted by Crippen LogP contribution is 2.28. The summed E-state index contributed by atoms with van der Waals surface area (Å²) in [6.07, 6.45) is 3.82. The molecule has 0 radical (unpaired) electrons. The quantitative estimate of drug-likeness (QED) is 0.779. The Balaban J connectivity index is 1.47. The number of carbonyl (C=O) groups excluding carboxylic acids is 1. The predicted octanol–water partition coefficient (Wildman–Crippen LogP) is 2.49. The monoisotopic (exact) mass is 345 g/mol. The molecule has 24 heavy (non-hydrogen) atoms. The molecular formula is C17H23N5OS. The molecule has 2 aromatic rings. The van der Waals surface area contributed by atoms with Gasteiger partial charge in [0.1, 0.15) is 0 Å². The average molecular weight is 345 g/mol. The number of aromatic nitrogens is 4. The highest BCUT2D eigenvalue weighted by Gasteiger charge is 2.21. The molecule has 1 aromatic carbocycles. The van der Waals surface area contributed by atoms with Crippen LogP contribution < -0.4 is 0 Å². The van der Waals surface area contributed by atoms with Crippen LogP contribution in [-0.2, 0) is 11.8 Å². The van der Waals surface area contributed by atoms with E-state index in [1.165, 1.54) is 17.3 Å². The maximum Gasteiger partial charge on any atom is 0.223 e. The maximum atomic E-state index is 12.5. The number of aryl methyl sites for hydroxylation is 1. The molecule has 3 rings (SSSR count). The van der Waals surface area contributed by atoms with Crippen molar-refractivity contribution < 1.29 is 4.79 Å². The van der Waals surface area contributed by atoms with Crippen molar-refractivity contribution in [2.75, 3.05) is 18.8 Å². The number of nitrogens with zero attached hydrogens (tertiary/aromatic N) is 5. The van der Waals surface area contributed by atoms with Crippen LogP contribution in [0.25, 0.3) is 0 Å². The van der Waals surface area contributed by atoms with Crippen molar-refractivity contribution in [3.05, 3.63) is 35.9 Å². The number of benzene rings is 1. The van der Waals surface area contributed by atoms with Crippen LogP contribution in [0.2, 0.25) is 0 Å². The standard InChI is InChI=1S/C17H23N5OS/c1-21-17(18-19-20-21)24-13-10-16(23)22-11-5-8-15(9-12-22)14-6-3-2-4-7-14/h2-4,6-7,15H,5,8-13H2,1H3/t15-/m0/s1. The molecule has 0 saturated carbocycles. The fourth-order valence-corrected chi connectivity index (χ4v) is 3.91. The van der Waals surface area contributed by atoms with Gasteiger partial charge in [-0.2, -0.15) is 0 Å². The third kappa shape index (κ3) is 4.35. The molecule has 7 heteroatoms. The second kappa shape index (κ2) is 8.28. The lowest BCUT2D eigenvalue weighted by molar-refractivity contribution is -0.130. The van der Waals surface area contributed by atoms with E-state index in [0.717, 1.165) is 37.5 Å². The average Bonchev–Trinajstić information content (AvgIpc) is 2.87. The highest BCUT2D eigenvalue weighted by atomic mass is 32.2. The molecule has 1 aliphatic heterocycles. The van der Waals surface area contributed by atoms with Crippen molar-refractivity contribution in [2.24, 2.45) is 7.05 Å². The van der Waals surface area contributed by atoms with Crippen molar-refractivity contribution >= 4 is 17.7 Å². The van der Waals surface area contributed by atoms with Crippen molar-refractivity contribution in [3.8, 4) is 0 Å². The molecule has 0 N–H and O–H groups in total. The van der Waals surface area contributed by atoms with Crippen molar-refractivity contribution in [2.45, 2.75) is 36.8 Å². The third-order valence-electron chi connectivity index (χ3n) is 4.48. The summed E-state index contributed by atoms with van der Waals surface area (Å²) in [5, 5.41) is 12.1. The number of carbonyl (C=O) groups is 1. The number of hydrogen-bond acceptors (Lipinski definition) is 5. The van der Waals surface area contributed by atoms with Crippen LogP contribution >= 0.6 is 11.8 Å². The molecule has 2 heterocycles. The van der Waals surface area contributed by atoms with Crippen molar-refractivity contribution in [3.63, 3.8) is 0 Å². The van der Waals surface area contributed by atoms with E-state index in [4.69, 9.17) is 0 Å². The number of thioether (sulfide) groups is 1. The second-order valence-corrected chi connectivity index (χ2v) is 7.16. The van der Waals surface area contributed by atoms with Gasteiger partial charge in [0.25, 0.3) is 0 Å². The van der Waals surface area contributed by atoms with E-state index >= 15 is 0 Å². The summed E-state index contributed by atoms with van der Waals surface area (Å²) in [7, 11) is 1.81.